The molecular formula is C16H14BrFN2OS. The van der Waals surface area contributed by atoms with Crippen LogP contribution in [0.25, 0.3) is 0 Å². The quantitative estimate of drug-likeness (QED) is 0.813. The minimum atomic E-state index is -0.279. The number of aliphatic imine (C=N–C) groups is 1. The monoisotopic (exact) mass is 380 g/mol. The van der Waals surface area contributed by atoms with Crippen molar-refractivity contribution < 1.29 is 9.18 Å². The van der Waals surface area contributed by atoms with Crippen LogP contribution in [0.3, 0.4) is 0 Å². The number of nitrogens with one attached hydrogen (secondary N) is 1. The van der Waals surface area contributed by atoms with Crippen molar-refractivity contribution in [2.24, 2.45) is 4.99 Å². The molecule has 0 saturated carbocycles. The van der Waals surface area contributed by atoms with Crippen LogP contribution in [0.2, 0.25) is 0 Å². The summed E-state index contributed by atoms with van der Waals surface area (Å²) in [6, 6.07) is 5.07. The first kappa shape index (κ1) is 14.6. The molecule has 1 saturated heterocycles. The average molecular weight is 381 g/mol. The van der Waals surface area contributed by atoms with Crippen LogP contribution < -0.4 is 5.32 Å². The van der Waals surface area contributed by atoms with E-state index in [1.54, 1.807) is 6.07 Å². The Labute approximate surface area is 140 Å². The number of thioether (sulfide) groups is 1. The highest BCUT2D eigenvalue weighted by Crippen LogP contribution is 2.45. The summed E-state index contributed by atoms with van der Waals surface area (Å²) in [4.78, 5) is 17.2. The number of fused-ring (bicyclic) bond motifs is 1. The third kappa shape index (κ3) is 2.28. The molecular weight excluding hydrogens is 367 g/mol. The number of nitrogens with zero attached hydrogens (tertiary/aromatic N) is 1. The zero-order valence-electron chi connectivity index (χ0n) is 11.7. The molecule has 3 nitrogen and oxygen atoms in total. The summed E-state index contributed by atoms with van der Waals surface area (Å²) in [6.45, 7) is 1.00. The second kappa shape index (κ2) is 5.58. The van der Waals surface area contributed by atoms with Crippen molar-refractivity contribution >= 4 is 39.2 Å². The third-order valence-electron chi connectivity index (χ3n) is 4.37. The van der Waals surface area contributed by atoms with Gasteiger partial charge in [0.15, 0.2) is 5.78 Å². The number of halogens is 2. The average Bonchev–Trinajstić information content (AvgIpc) is 2.96. The van der Waals surface area contributed by atoms with Crippen molar-refractivity contribution in [2.45, 2.75) is 17.6 Å². The number of ketones is 1. The molecule has 114 valence electrons. The Hall–Kier alpha value is -0.980. The standard InChI is InChI=1S/C16H14BrFN2OS/c17-9-5-8(1-2-10(9)18)14-15-12(6-19-7-13(15)21)20-11-3-4-22-16(11)14/h1-2,5,14,16,19H,3-4,6-7H2. The lowest BCUT2D eigenvalue weighted by Crippen LogP contribution is -2.40. The predicted octanol–water partition coefficient (Wildman–Crippen LogP) is 3.06. The summed E-state index contributed by atoms with van der Waals surface area (Å²) in [5.41, 5.74) is 3.85. The number of carbonyl (C=O) groups is 1. The molecule has 1 fully saturated rings. The maximum absolute atomic E-state index is 13.6. The van der Waals surface area contributed by atoms with Gasteiger partial charge in [0.05, 0.1) is 22.0 Å². The number of carbonyl (C=O) groups excluding carboxylic acids is 1. The minimum Gasteiger partial charge on any atom is -0.304 e. The highest BCUT2D eigenvalue weighted by molar-refractivity contribution is 9.10. The molecule has 0 bridgehead atoms. The fourth-order valence-electron chi connectivity index (χ4n) is 3.41. The van der Waals surface area contributed by atoms with E-state index in [2.05, 4.69) is 21.2 Å². The van der Waals surface area contributed by atoms with Crippen LogP contribution in [0.1, 0.15) is 17.9 Å². The number of benzene rings is 1. The number of hydrogen-bond donors (Lipinski definition) is 1. The lowest BCUT2D eigenvalue weighted by atomic mass is 9.79. The maximum Gasteiger partial charge on any atom is 0.175 e. The zero-order chi connectivity index (χ0) is 15.3. The molecule has 2 atom stereocenters. The number of rotatable bonds is 1. The van der Waals surface area contributed by atoms with E-state index in [4.69, 9.17) is 4.99 Å². The van der Waals surface area contributed by atoms with E-state index in [-0.39, 0.29) is 22.8 Å². The summed E-state index contributed by atoms with van der Waals surface area (Å²) in [5, 5.41) is 3.32. The van der Waals surface area contributed by atoms with Gasteiger partial charge < -0.3 is 5.32 Å². The molecule has 2 unspecified atom stereocenters. The van der Waals surface area contributed by atoms with Crippen LogP contribution >= 0.6 is 27.7 Å². The zero-order valence-corrected chi connectivity index (χ0v) is 14.1. The molecule has 0 aromatic heterocycles. The molecule has 0 radical (unpaired) electrons. The largest absolute Gasteiger partial charge is 0.304 e. The normalized spacial score (nSPS) is 27.5. The first-order valence-electron chi connectivity index (χ1n) is 7.26. The Kier molecular flexibility index (Phi) is 3.71. The molecule has 1 aromatic rings. The molecule has 0 amide bonds. The Morgan fingerprint density at radius 3 is 3.05 bits per heavy atom. The van der Waals surface area contributed by atoms with Gasteiger partial charge in [0.25, 0.3) is 0 Å². The summed E-state index contributed by atoms with van der Waals surface area (Å²) >= 11 is 5.11. The summed E-state index contributed by atoms with van der Waals surface area (Å²) in [6.07, 6.45) is 0.971. The van der Waals surface area contributed by atoms with Gasteiger partial charge in [0.2, 0.25) is 0 Å². The first-order chi connectivity index (χ1) is 10.6. The van der Waals surface area contributed by atoms with Gasteiger partial charge in [-0.2, -0.15) is 11.8 Å². The molecule has 4 rings (SSSR count). The number of hydrogen-bond acceptors (Lipinski definition) is 4. The maximum atomic E-state index is 13.6. The third-order valence-corrected chi connectivity index (χ3v) is 6.32. The molecule has 0 aliphatic carbocycles. The Bertz CT molecular complexity index is 731. The van der Waals surface area contributed by atoms with Crippen molar-refractivity contribution in [1.29, 1.82) is 0 Å². The van der Waals surface area contributed by atoms with Gasteiger partial charge in [0, 0.05) is 23.7 Å². The van der Waals surface area contributed by atoms with Crippen LogP contribution in [0.4, 0.5) is 4.39 Å². The Balaban J connectivity index is 1.87. The van der Waals surface area contributed by atoms with E-state index in [1.165, 1.54) is 11.8 Å². The molecule has 3 aliphatic rings. The van der Waals surface area contributed by atoms with Gasteiger partial charge in [-0.15, -0.1) is 0 Å². The van der Waals surface area contributed by atoms with E-state index < -0.39 is 0 Å². The fraction of sp³-hybridized carbons (Fsp3) is 0.375. The van der Waals surface area contributed by atoms with Crippen molar-refractivity contribution in [3.05, 3.63) is 45.3 Å². The highest BCUT2D eigenvalue weighted by Gasteiger charge is 2.42. The molecule has 22 heavy (non-hydrogen) atoms. The minimum absolute atomic E-state index is 0.0125. The van der Waals surface area contributed by atoms with E-state index in [0.29, 0.717) is 17.6 Å². The van der Waals surface area contributed by atoms with Crippen LogP contribution in [0, 0.1) is 5.82 Å². The smallest absolute Gasteiger partial charge is 0.175 e. The second-order valence-electron chi connectivity index (χ2n) is 5.68. The van der Waals surface area contributed by atoms with Gasteiger partial charge in [-0.05, 0) is 45.8 Å². The van der Waals surface area contributed by atoms with Gasteiger partial charge in [-0.25, -0.2) is 4.39 Å². The SMILES string of the molecule is O=C1CNCC2=C1C(c1ccc(F)c(Br)c1)C1SCCC1=N2. The molecule has 1 aromatic carbocycles. The Morgan fingerprint density at radius 2 is 2.23 bits per heavy atom. The van der Waals surface area contributed by atoms with Gasteiger partial charge >= 0.3 is 0 Å². The van der Waals surface area contributed by atoms with E-state index in [0.717, 1.165) is 29.0 Å². The molecule has 3 heterocycles. The van der Waals surface area contributed by atoms with Gasteiger partial charge in [-0.3, -0.25) is 9.79 Å². The fourth-order valence-corrected chi connectivity index (χ4v) is 5.23. The lowest BCUT2D eigenvalue weighted by molar-refractivity contribution is -0.115. The van der Waals surface area contributed by atoms with Gasteiger partial charge in [0.1, 0.15) is 5.82 Å². The van der Waals surface area contributed by atoms with Crippen LogP contribution in [-0.2, 0) is 4.79 Å². The summed E-state index contributed by atoms with van der Waals surface area (Å²) in [5.74, 6) is 0.853. The molecule has 0 spiro atoms. The number of Topliss-reactive ketones (excluding diaryl/α,β-unsaturated/α-hetero) is 1. The van der Waals surface area contributed by atoms with E-state index in [9.17, 15) is 9.18 Å². The van der Waals surface area contributed by atoms with Crippen molar-refractivity contribution in [3.63, 3.8) is 0 Å². The summed E-state index contributed by atoms with van der Waals surface area (Å²) in [7, 11) is 0. The van der Waals surface area contributed by atoms with E-state index in [1.807, 2.05) is 17.8 Å². The van der Waals surface area contributed by atoms with Crippen molar-refractivity contribution in [3.8, 4) is 0 Å². The van der Waals surface area contributed by atoms with Gasteiger partial charge in [-0.1, -0.05) is 6.07 Å². The van der Waals surface area contributed by atoms with Crippen molar-refractivity contribution in [1.82, 2.24) is 5.32 Å². The molecule has 6 heteroatoms. The van der Waals surface area contributed by atoms with Crippen molar-refractivity contribution in [2.75, 3.05) is 18.8 Å². The predicted molar refractivity (Wildman–Crippen MR) is 90.0 cm³/mol. The summed E-state index contributed by atoms with van der Waals surface area (Å²) < 4.78 is 14.0. The lowest BCUT2D eigenvalue weighted by Gasteiger charge is -2.33. The topological polar surface area (TPSA) is 41.5 Å². The van der Waals surface area contributed by atoms with Crippen LogP contribution in [0.15, 0.2) is 38.9 Å². The molecule has 1 N–H and O–H groups in total. The van der Waals surface area contributed by atoms with Crippen LogP contribution in [0.5, 0.6) is 0 Å². The van der Waals surface area contributed by atoms with E-state index >= 15 is 0 Å². The Morgan fingerprint density at radius 1 is 1.36 bits per heavy atom. The first-order valence-corrected chi connectivity index (χ1v) is 9.10. The second-order valence-corrected chi connectivity index (χ2v) is 7.79. The highest BCUT2D eigenvalue weighted by atomic mass is 79.9. The molecule has 3 aliphatic heterocycles. The van der Waals surface area contributed by atoms with Crippen LogP contribution in [-0.4, -0.2) is 35.6 Å².